The van der Waals surface area contributed by atoms with Gasteiger partial charge in [0, 0.05) is 23.8 Å². The van der Waals surface area contributed by atoms with Crippen LogP contribution in [0, 0.1) is 33.8 Å². The zero-order valence-electron chi connectivity index (χ0n) is 34.5. The Morgan fingerprint density at radius 1 is 1.03 bits per heavy atom. The summed E-state index contributed by atoms with van der Waals surface area (Å²) in [5.41, 5.74) is -4.58. The maximum absolute atomic E-state index is 13.9. The monoisotopic (exact) mass is 902 g/mol. The summed E-state index contributed by atoms with van der Waals surface area (Å²) >= 11 is 0. The van der Waals surface area contributed by atoms with Crippen LogP contribution in [0.25, 0.3) is 0 Å². The fraction of sp³-hybridized carbons (Fsp3) is 0.561. The molecule has 7 rings (SSSR count). The van der Waals surface area contributed by atoms with E-state index in [0.717, 1.165) is 6.08 Å². The predicted octanol–water partition coefficient (Wildman–Crippen LogP) is 1.05. The molecule has 1 spiro atoms. The van der Waals surface area contributed by atoms with Crippen molar-refractivity contribution < 1.29 is 90.5 Å². The molecule has 1 aromatic heterocycles. The number of aromatic nitrogens is 2. The number of sulfone groups is 1. The third-order valence-electron chi connectivity index (χ3n) is 12.9. The summed E-state index contributed by atoms with van der Waals surface area (Å²) in [4.78, 5) is 78.6. The molecule has 2 aliphatic heterocycles. The van der Waals surface area contributed by atoms with Gasteiger partial charge in [0.15, 0.2) is 11.5 Å². The van der Waals surface area contributed by atoms with Gasteiger partial charge >= 0.3 is 40.8 Å². The molecule has 2 saturated heterocycles. The molecule has 5 aliphatic rings. The van der Waals surface area contributed by atoms with E-state index < -0.39 is 134 Å². The normalized spacial score (nSPS) is 31.8. The van der Waals surface area contributed by atoms with Gasteiger partial charge in [-0.1, -0.05) is 30.7 Å². The van der Waals surface area contributed by atoms with Crippen molar-refractivity contribution in [1.82, 2.24) is 5.16 Å². The molecule has 0 radical (unpaired) electrons. The van der Waals surface area contributed by atoms with E-state index in [-0.39, 0.29) is 60.0 Å². The minimum absolute atomic E-state index is 0.0333. The van der Waals surface area contributed by atoms with Crippen LogP contribution < -0.4 is 9.64 Å². The second-order valence-electron chi connectivity index (χ2n) is 16.9. The van der Waals surface area contributed by atoms with E-state index in [1.807, 2.05) is 0 Å². The van der Waals surface area contributed by atoms with E-state index in [4.69, 9.17) is 28.4 Å². The highest BCUT2D eigenvalue weighted by molar-refractivity contribution is 7.91. The van der Waals surface area contributed by atoms with Gasteiger partial charge in [0.1, 0.15) is 12.2 Å². The molecule has 2 saturated carbocycles. The highest BCUT2D eigenvalue weighted by Gasteiger charge is 2.85. The summed E-state index contributed by atoms with van der Waals surface area (Å²) in [6, 6.07) is 7.14. The number of carboxylic acid groups (broad SMARTS) is 1. The number of ether oxygens (including phenoxy) is 6. The minimum atomic E-state index is -4.31. The first-order chi connectivity index (χ1) is 29.7. The number of carboxylic acids is 1. The first-order valence-electron chi connectivity index (χ1n) is 20.1. The average molecular weight is 903 g/mol. The largest absolute Gasteiger partial charge is 0.479 e. The Bertz CT molecular complexity index is 2390. The SMILES string of the molecule is CC(C)=CC(=O)O[C@H]1C(=O)O[C@@H]2C[C@H]3C(C)=C(OC(=O)CCC(=O)OCCCCOc4no[n+]([O-])c4S(=O)(=O)c4ccccc4)C(=O)C[C@]3(C)[C@H]3[C@@H](O)[C@H](O)[C@]4(C(=O)O)OC[C@]32[C@@H]14. The molecule has 21 nitrogen and oxygen atoms in total. The van der Waals surface area contributed by atoms with Gasteiger partial charge in [-0.3, -0.25) is 19.0 Å². The molecular weight excluding hydrogens is 857 g/mol. The number of esters is 4. The number of unbranched alkanes of at least 4 members (excludes halogenated alkanes) is 1. The summed E-state index contributed by atoms with van der Waals surface area (Å²) < 4.78 is 63.7. The van der Waals surface area contributed by atoms with Crippen LogP contribution in [0.1, 0.15) is 66.2 Å². The average Bonchev–Trinajstić information content (AvgIpc) is 3.75. The van der Waals surface area contributed by atoms with E-state index in [1.54, 1.807) is 26.8 Å². The first-order valence-corrected chi connectivity index (χ1v) is 21.6. The number of carbonyl (C=O) groups excluding carboxylic acids is 5. The lowest BCUT2D eigenvalue weighted by atomic mass is 9.38. The molecular formula is C41H46N2O19S. The van der Waals surface area contributed by atoms with Crippen molar-refractivity contribution in [1.29, 1.82) is 0 Å². The standard InChI is InChI=1S/C41H46N2O19S/c1-20(2)16-28(47)61-31-33-40-19-58-41(33,38(51)52)34(49)29(48)32(40)39(4)18-24(44)30(21(3)23(39)17-25(40)59-37(31)50)60-27(46)13-12-26(45)56-14-8-9-15-57-35-36(43(53)62-42-35)63(54,55)22-10-6-5-7-11-22/h5-7,10-11,16,23,25,29,31-34,48-49H,8-9,12-15,17-19H2,1-4H3,(H,51,52)/t23-,25+,29+,31+,32+,33+,34-,39-,40+,41+/m0/s1. The number of Topliss-reactive ketones (excluding diaryl/α,β-unsaturated/α-hetero) is 1. The van der Waals surface area contributed by atoms with E-state index in [9.17, 15) is 57.7 Å². The van der Waals surface area contributed by atoms with Crippen LogP contribution in [0.4, 0.5) is 0 Å². The fourth-order valence-electron chi connectivity index (χ4n) is 10.5. The summed E-state index contributed by atoms with van der Waals surface area (Å²) in [6.45, 7) is 5.78. The number of ketones is 1. The van der Waals surface area contributed by atoms with Crippen LogP contribution in [0.15, 0.2) is 67.9 Å². The number of aliphatic hydroxyl groups excluding tert-OH is 2. The molecule has 63 heavy (non-hydrogen) atoms. The van der Waals surface area contributed by atoms with E-state index in [0.29, 0.717) is 5.57 Å². The zero-order chi connectivity index (χ0) is 45.8. The lowest BCUT2D eigenvalue weighted by Gasteiger charge is -2.67. The van der Waals surface area contributed by atoms with Crippen LogP contribution >= 0.6 is 0 Å². The van der Waals surface area contributed by atoms with Crippen molar-refractivity contribution in [3.63, 3.8) is 0 Å². The van der Waals surface area contributed by atoms with Gasteiger partial charge in [0.25, 0.3) is 9.84 Å². The molecule has 0 unspecified atom stereocenters. The summed E-state index contributed by atoms with van der Waals surface area (Å²) in [5, 5.41) is 48.7. The molecule has 3 heterocycles. The molecule has 2 bridgehead atoms. The number of aliphatic hydroxyl groups is 2. The molecule has 3 aliphatic carbocycles. The third-order valence-corrected chi connectivity index (χ3v) is 14.7. The van der Waals surface area contributed by atoms with Gasteiger partial charge < -0.3 is 48.9 Å². The smallest absolute Gasteiger partial charge is 0.414 e. The predicted molar refractivity (Wildman–Crippen MR) is 204 cm³/mol. The van der Waals surface area contributed by atoms with Gasteiger partial charge in [-0.25, -0.2) is 22.8 Å². The Kier molecular flexibility index (Phi) is 12.1. The summed E-state index contributed by atoms with van der Waals surface area (Å²) in [5.74, 6) is -10.3. The van der Waals surface area contributed by atoms with Crippen molar-refractivity contribution in [3.05, 3.63) is 58.5 Å². The molecule has 2 aromatic rings. The fourth-order valence-corrected chi connectivity index (χ4v) is 11.8. The first kappa shape index (κ1) is 45.3. The maximum Gasteiger partial charge on any atom is 0.414 e. The lowest BCUT2D eigenvalue weighted by Crippen LogP contribution is -2.79. The van der Waals surface area contributed by atoms with Gasteiger partial charge in [0.2, 0.25) is 11.7 Å². The number of allylic oxidation sites excluding steroid dienone is 3. The van der Waals surface area contributed by atoms with Gasteiger partial charge in [-0.2, -0.15) is 0 Å². The Hall–Kier alpha value is -5.71. The number of aliphatic carboxylic acids is 1. The number of hydrogen-bond donors (Lipinski definition) is 3. The van der Waals surface area contributed by atoms with Crippen molar-refractivity contribution in [3.8, 4) is 5.88 Å². The lowest BCUT2D eigenvalue weighted by molar-refractivity contribution is -0.832. The van der Waals surface area contributed by atoms with Crippen LogP contribution in [-0.2, 0) is 62.3 Å². The molecule has 4 fully saturated rings. The van der Waals surface area contributed by atoms with Crippen LogP contribution in [0.3, 0.4) is 0 Å². The number of fused-ring (bicyclic) bond motifs is 2. The second-order valence-corrected chi connectivity index (χ2v) is 18.8. The van der Waals surface area contributed by atoms with E-state index in [1.165, 1.54) is 31.2 Å². The van der Waals surface area contributed by atoms with Crippen LogP contribution in [0.5, 0.6) is 5.88 Å². The molecule has 1 aromatic carbocycles. The Labute approximate surface area is 359 Å². The number of carbonyl (C=O) groups is 6. The number of nitrogens with zero attached hydrogens (tertiary/aromatic N) is 2. The summed E-state index contributed by atoms with van der Waals surface area (Å²) in [7, 11) is -4.31. The maximum atomic E-state index is 13.9. The number of benzene rings is 1. The molecule has 10 atom stereocenters. The second kappa shape index (κ2) is 16.8. The van der Waals surface area contributed by atoms with Crippen molar-refractivity contribution in [2.75, 3.05) is 19.8 Å². The van der Waals surface area contributed by atoms with Gasteiger partial charge in [-0.15, -0.1) is 0 Å². The molecule has 22 heteroatoms. The Morgan fingerprint density at radius 2 is 1.71 bits per heavy atom. The van der Waals surface area contributed by atoms with Crippen molar-refractivity contribution in [2.24, 2.45) is 28.6 Å². The zero-order valence-corrected chi connectivity index (χ0v) is 35.4. The van der Waals surface area contributed by atoms with E-state index >= 15 is 0 Å². The van der Waals surface area contributed by atoms with Crippen LogP contribution in [-0.4, -0.2) is 114 Å². The molecule has 3 N–H and O–H groups in total. The van der Waals surface area contributed by atoms with Gasteiger partial charge in [0.05, 0.1) is 54.7 Å². The highest BCUT2D eigenvalue weighted by atomic mass is 32.2. The van der Waals surface area contributed by atoms with Gasteiger partial charge in [-0.05, 0) is 74.0 Å². The number of rotatable bonds is 15. The third kappa shape index (κ3) is 7.44. The minimum Gasteiger partial charge on any atom is -0.479 e. The number of hydrogen-bond acceptors (Lipinski definition) is 19. The topological polar surface area (TPSA) is 306 Å². The van der Waals surface area contributed by atoms with Crippen molar-refractivity contribution in [2.45, 2.75) is 106 Å². The van der Waals surface area contributed by atoms with Crippen LogP contribution in [0.2, 0.25) is 0 Å². The Morgan fingerprint density at radius 3 is 2.40 bits per heavy atom. The summed E-state index contributed by atoms with van der Waals surface area (Å²) in [6.07, 6.45) is -6.66. The van der Waals surface area contributed by atoms with E-state index in [2.05, 4.69) is 9.79 Å². The molecule has 340 valence electrons. The quantitative estimate of drug-likeness (QED) is 0.0739. The Balaban J connectivity index is 0.975. The highest BCUT2D eigenvalue weighted by Crippen LogP contribution is 2.72. The molecule has 0 amide bonds. The van der Waals surface area contributed by atoms with Crippen molar-refractivity contribution >= 4 is 45.5 Å².